The van der Waals surface area contributed by atoms with E-state index in [0.717, 1.165) is 5.69 Å². The number of likely N-dealkylation sites (tertiary alicyclic amines) is 1. The number of hydrogen-bond acceptors (Lipinski definition) is 3. The van der Waals surface area contributed by atoms with Crippen molar-refractivity contribution in [2.24, 2.45) is 5.92 Å². The van der Waals surface area contributed by atoms with E-state index in [0.29, 0.717) is 32.5 Å². The van der Waals surface area contributed by atoms with Crippen LogP contribution >= 0.6 is 0 Å². The fourth-order valence-electron chi connectivity index (χ4n) is 4.54. The van der Waals surface area contributed by atoms with E-state index in [1.54, 1.807) is 9.80 Å². The van der Waals surface area contributed by atoms with Crippen LogP contribution in [-0.2, 0) is 14.3 Å². The molecule has 1 aliphatic carbocycles. The minimum atomic E-state index is -2.62. The van der Waals surface area contributed by atoms with Gasteiger partial charge in [-0.25, -0.2) is 8.78 Å². The molecular weight excluding hydrogens is 366 g/mol. The lowest BCUT2D eigenvalue weighted by Gasteiger charge is -2.47. The van der Waals surface area contributed by atoms with Gasteiger partial charge >= 0.3 is 0 Å². The Balaban J connectivity index is 1.37. The number of para-hydroxylation sites is 1. The zero-order valence-corrected chi connectivity index (χ0v) is 15.9. The summed E-state index contributed by atoms with van der Waals surface area (Å²) in [6, 6.07) is 9.54. The molecule has 2 saturated heterocycles. The zero-order valence-electron chi connectivity index (χ0n) is 15.9. The molecule has 28 heavy (non-hydrogen) atoms. The molecule has 1 saturated carbocycles. The Morgan fingerprint density at radius 2 is 1.68 bits per heavy atom. The van der Waals surface area contributed by atoms with Crippen LogP contribution in [0.25, 0.3) is 0 Å². The number of halogens is 2. The number of hydrogen-bond donors (Lipinski definition) is 0. The van der Waals surface area contributed by atoms with Gasteiger partial charge in [-0.2, -0.15) is 0 Å². The van der Waals surface area contributed by atoms with E-state index < -0.39 is 11.5 Å². The summed E-state index contributed by atoms with van der Waals surface area (Å²) in [5.41, 5.74) is 0.414. The van der Waals surface area contributed by atoms with Gasteiger partial charge in [0, 0.05) is 37.5 Å². The van der Waals surface area contributed by atoms with Crippen molar-refractivity contribution in [3.05, 3.63) is 30.3 Å². The normalized spacial score (nSPS) is 25.1. The van der Waals surface area contributed by atoms with Crippen molar-refractivity contribution in [2.75, 3.05) is 31.1 Å². The smallest absolute Gasteiger partial charge is 0.253 e. The topological polar surface area (TPSA) is 49.9 Å². The quantitative estimate of drug-likeness (QED) is 0.777. The van der Waals surface area contributed by atoms with Crippen LogP contribution in [-0.4, -0.2) is 54.5 Å². The number of carbonyl (C=O) groups is 2. The summed E-state index contributed by atoms with van der Waals surface area (Å²) in [7, 11) is 0. The molecule has 0 aromatic heterocycles. The standard InChI is InChI=1S/C21H26F2N2O3/c22-21(23)8-6-16(7-9-21)19(27)24-12-10-20(11-13-24)15-25(18(26)14-28-20)17-4-2-1-3-5-17/h1-5,16H,6-15H2. The van der Waals surface area contributed by atoms with Crippen LogP contribution in [0.1, 0.15) is 38.5 Å². The Morgan fingerprint density at radius 1 is 1.04 bits per heavy atom. The molecule has 3 aliphatic rings. The molecule has 0 atom stereocenters. The number of amides is 2. The van der Waals surface area contributed by atoms with Gasteiger partial charge in [-0.05, 0) is 37.8 Å². The van der Waals surface area contributed by atoms with Crippen LogP contribution in [0.4, 0.5) is 14.5 Å². The Hall–Kier alpha value is -2.02. The van der Waals surface area contributed by atoms with Crippen molar-refractivity contribution in [2.45, 2.75) is 50.0 Å². The summed E-state index contributed by atoms with van der Waals surface area (Å²) >= 11 is 0. The number of benzene rings is 1. The number of morpholine rings is 1. The van der Waals surface area contributed by atoms with Crippen LogP contribution in [0.5, 0.6) is 0 Å². The highest BCUT2D eigenvalue weighted by Crippen LogP contribution is 2.38. The van der Waals surface area contributed by atoms with E-state index in [-0.39, 0.29) is 50.0 Å². The van der Waals surface area contributed by atoms with Crippen LogP contribution in [0.2, 0.25) is 0 Å². The fourth-order valence-corrected chi connectivity index (χ4v) is 4.54. The van der Waals surface area contributed by atoms with Gasteiger partial charge in [0.1, 0.15) is 6.61 Å². The van der Waals surface area contributed by atoms with Gasteiger partial charge in [0.05, 0.1) is 12.1 Å². The van der Waals surface area contributed by atoms with Crippen molar-refractivity contribution in [3.63, 3.8) is 0 Å². The molecule has 1 aromatic carbocycles. The third kappa shape index (κ3) is 3.90. The predicted octanol–water partition coefficient (Wildman–Crippen LogP) is 3.24. The number of rotatable bonds is 2. The van der Waals surface area contributed by atoms with Crippen molar-refractivity contribution in [1.29, 1.82) is 0 Å². The average molecular weight is 392 g/mol. The molecule has 0 N–H and O–H groups in total. The Bertz CT molecular complexity index is 722. The summed E-state index contributed by atoms with van der Waals surface area (Å²) in [5, 5.41) is 0. The maximum atomic E-state index is 13.4. The highest BCUT2D eigenvalue weighted by Gasteiger charge is 2.45. The third-order valence-electron chi connectivity index (χ3n) is 6.37. The summed E-state index contributed by atoms with van der Waals surface area (Å²) in [4.78, 5) is 28.6. The van der Waals surface area contributed by atoms with E-state index in [1.807, 2.05) is 30.3 Å². The monoisotopic (exact) mass is 392 g/mol. The van der Waals surface area contributed by atoms with E-state index in [9.17, 15) is 18.4 Å². The molecule has 2 amide bonds. The first kappa shape index (κ1) is 19.3. The minimum absolute atomic E-state index is 0.00264. The molecular formula is C21H26F2N2O3. The summed E-state index contributed by atoms with van der Waals surface area (Å²) in [5.74, 6) is -2.97. The van der Waals surface area contributed by atoms with Crippen LogP contribution in [0.3, 0.4) is 0 Å². The molecule has 2 aliphatic heterocycles. The first-order valence-corrected chi connectivity index (χ1v) is 10.0. The lowest BCUT2D eigenvalue weighted by molar-refractivity contribution is -0.154. The maximum Gasteiger partial charge on any atom is 0.253 e. The number of nitrogens with zero attached hydrogens (tertiary/aromatic N) is 2. The lowest BCUT2D eigenvalue weighted by atomic mass is 9.84. The van der Waals surface area contributed by atoms with E-state index in [4.69, 9.17) is 4.74 Å². The average Bonchev–Trinajstić information content (AvgIpc) is 2.71. The fraction of sp³-hybridized carbons (Fsp3) is 0.619. The number of ether oxygens (including phenoxy) is 1. The summed E-state index contributed by atoms with van der Waals surface area (Å²) in [6.45, 7) is 1.61. The number of anilines is 1. The predicted molar refractivity (Wildman–Crippen MR) is 100 cm³/mol. The number of carbonyl (C=O) groups excluding carboxylic acids is 2. The number of piperidine rings is 1. The SMILES string of the molecule is O=C(C1CCC(F)(F)CC1)N1CCC2(CC1)CN(c1ccccc1)C(=O)CO2. The second-order valence-electron chi connectivity index (χ2n) is 8.24. The number of alkyl halides is 2. The van der Waals surface area contributed by atoms with Gasteiger partial charge < -0.3 is 14.5 Å². The van der Waals surface area contributed by atoms with Crippen LogP contribution in [0, 0.1) is 5.92 Å². The second kappa shape index (κ2) is 7.43. The minimum Gasteiger partial charge on any atom is -0.363 e. The highest BCUT2D eigenvalue weighted by molar-refractivity contribution is 5.95. The van der Waals surface area contributed by atoms with E-state index >= 15 is 0 Å². The maximum absolute atomic E-state index is 13.4. The van der Waals surface area contributed by atoms with Gasteiger partial charge in [-0.15, -0.1) is 0 Å². The Kier molecular flexibility index (Phi) is 5.12. The molecule has 7 heteroatoms. The summed E-state index contributed by atoms with van der Waals surface area (Å²) in [6.07, 6.45) is 1.44. The molecule has 0 radical (unpaired) electrons. The molecule has 0 bridgehead atoms. The molecule has 1 spiro atoms. The van der Waals surface area contributed by atoms with Crippen molar-refractivity contribution < 1.29 is 23.1 Å². The van der Waals surface area contributed by atoms with Crippen molar-refractivity contribution in [3.8, 4) is 0 Å². The molecule has 3 fully saturated rings. The van der Waals surface area contributed by atoms with Crippen LogP contribution in [0.15, 0.2) is 30.3 Å². The molecule has 2 heterocycles. The van der Waals surface area contributed by atoms with Gasteiger partial charge in [0.15, 0.2) is 0 Å². The summed E-state index contributed by atoms with van der Waals surface area (Å²) < 4.78 is 32.7. The largest absolute Gasteiger partial charge is 0.363 e. The molecule has 4 rings (SSSR count). The third-order valence-corrected chi connectivity index (χ3v) is 6.37. The Morgan fingerprint density at radius 3 is 2.32 bits per heavy atom. The molecule has 152 valence electrons. The van der Waals surface area contributed by atoms with Crippen molar-refractivity contribution >= 4 is 17.5 Å². The van der Waals surface area contributed by atoms with Gasteiger partial charge in [-0.1, -0.05) is 18.2 Å². The van der Waals surface area contributed by atoms with E-state index in [2.05, 4.69) is 0 Å². The first-order valence-electron chi connectivity index (χ1n) is 10.0. The highest BCUT2D eigenvalue weighted by atomic mass is 19.3. The van der Waals surface area contributed by atoms with Crippen molar-refractivity contribution in [1.82, 2.24) is 4.90 Å². The van der Waals surface area contributed by atoms with E-state index in [1.165, 1.54) is 0 Å². The first-order chi connectivity index (χ1) is 13.4. The van der Waals surface area contributed by atoms with Gasteiger partial charge in [0.2, 0.25) is 11.8 Å². The van der Waals surface area contributed by atoms with Crippen LogP contribution < -0.4 is 4.90 Å². The van der Waals surface area contributed by atoms with Gasteiger partial charge in [0.25, 0.3) is 5.91 Å². The lowest BCUT2D eigenvalue weighted by Crippen LogP contribution is -2.60. The molecule has 5 nitrogen and oxygen atoms in total. The Labute approximate surface area is 163 Å². The second-order valence-corrected chi connectivity index (χ2v) is 8.24. The zero-order chi connectivity index (χ0) is 19.8. The van der Waals surface area contributed by atoms with Gasteiger partial charge in [-0.3, -0.25) is 9.59 Å². The molecule has 1 aromatic rings. The molecule has 0 unspecified atom stereocenters.